The Bertz CT molecular complexity index is 349. The number of thioether (sulfide) groups is 1. The number of rotatable bonds is 2. The highest BCUT2D eigenvalue weighted by molar-refractivity contribution is 8.01. The van der Waals surface area contributed by atoms with Crippen molar-refractivity contribution in [1.29, 1.82) is 0 Å². The number of fused-ring (bicyclic) bond motifs is 1. The van der Waals surface area contributed by atoms with Crippen LogP contribution in [0.1, 0.15) is 19.4 Å². The van der Waals surface area contributed by atoms with Crippen molar-refractivity contribution >= 4 is 17.7 Å². The maximum Gasteiger partial charge on any atom is 0.320 e. The topological polar surface area (TPSA) is 26.3 Å². The standard InChI is InChI=1S/C12H14O2S/c1-8(2)14-12(13)11-7-9-5-3-4-6-10(9)15-11/h3-6,8,11H,7H2,1-2H3. The minimum Gasteiger partial charge on any atom is -0.462 e. The third kappa shape index (κ3) is 2.34. The summed E-state index contributed by atoms with van der Waals surface area (Å²) in [5, 5.41) is -0.0511. The van der Waals surface area contributed by atoms with Crippen LogP contribution < -0.4 is 0 Å². The number of ether oxygens (including phenoxy) is 1. The van der Waals surface area contributed by atoms with Crippen LogP contribution in [0.5, 0.6) is 0 Å². The second-order valence-corrected chi connectivity index (χ2v) is 5.15. The number of benzene rings is 1. The van der Waals surface area contributed by atoms with E-state index >= 15 is 0 Å². The van der Waals surface area contributed by atoms with Crippen LogP contribution in [0.25, 0.3) is 0 Å². The van der Waals surface area contributed by atoms with Gasteiger partial charge in [0.1, 0.15) is 5.25 Å². The summed E-state index contributed by atoms with van der Waals surface area (Å²) < 4.78 is 5.21. The smallest absolute Gasteiger partial charge is 0.320 e. The molecule has 1 heterocycles. The summed E-state index contributed by atoms with van der Waals surface area (Å²) in [5.41, 5.74) is 1.26. The summed E-state index contributed by atoms with van der Waals surface area (Å²) in [7, 11) is 0. The Labute approximate surface area is 94.0 Å². The minimum absolute atomic E-state index is 0.0261. The molecule has 3 heteroatoms. The van der Waals surface area contributed by atoms with Gasteiger partial charge in [-0.2, -0.15) is 0 Å². The van der Waals surface area contributed by atoms with Crippen LogP contribution in [-0.2, 0) is 16.0 Å². The van der Waals surface area contributed by atoms with E-state index in [1.807, 2.05) is 26.0 Å². The summed E-state index contributed by atoms with van der Waals surface area (Å²) >= 11 is 1.61. The monoisotopic (exact) mass is 222 g/mol. The Hall–Kier alpha value is -0.960. The zero-order valence-corrected chi connectivity index (χ0v) is 9.71. The van der Waals surface area contributed by atoms with Gasteiger partial charge >= 0.3 is 5.97 Å². The molecular formula is C12H14O2S. The van der Waals surface area contributed by atoms with Crippen LogP contribution in [0.2, 0.25) is 0 Å². The Morgan fingerprint density at radius 2 is 2.20 bits per heavy atom. The Morgan fingerprint density at radius 1 is 1.47 bits per heavy atom. The van der Waals surface area contributed by atoms with Gasteiger partial charge in [-0.3, -0.25) is 4.79 Å². The molecule has 1 aromatic rings. The van der Waals surface area contributed by atoms with Crippen molar-refractivity contribution in [1.82, 2.24) is 0 Å². The Morgan fingerprint density at radius 3 is 2.87 bits per heavy atom. The Kier molecular flexibility index (Phi) is 3.00. The number of esters is 1. The van der Waals surface area contributed by atoms with E-state index < -0.39 is 0 Å². The number of carbonyl (C=O) groups is 1. The predicted molar refractivity (Wildman–Crippen MR) is 61.0 cm³/mol. The normalized spacial score (nSPS) is 19.0. The first-order valence-electron chi connectivity index (χ1n) is 5.12. The fourth-order valence-corrected chi connectivity index (χ4v) is 2.80. The van der Waals surface area contributed by atoms with Crippen LogP contribution in [0, 0.1) is 0 Å². The summed E-state index contributed by atoms with van der Waals surface area (Å²) in [6.07, 6.45) is 0.772. The number of carbonyl (C=O) groups excluding carboxylic acids is 1. The quantitative estimate of drug-likeness (QED) is 0.720. The summed E-state index contributed by atoms with van der Waals surface area (Å²) in [6, 6.07) is 8.14. The van der Waals surface area contributed by atoms with Crippen molar-refractivity contribution in [3.05, 3.63) is 29.8 Å². The summed E-state index contributed by atoms with van der Waals surface area (Å²) in [6.45, 7) is 3.76. The van der Waals surface area contributed by atoms with E-state index in [4.69, 9.17) is 4.74 Å². The third-order valence-electron chi connectivity index (χ3n) is 2.26. The van der Waals surface area contributed by atoms with Gasteiger partial charge in [-0.25, -0.2) is 0 Å². The minimum atomic E-state index is -0.0915. The lowest BCUT2D eigenvalue weighted by molar-refractivity contribution is -0.146. The van der Waals surface area contributed by atoms with Crippen molar-refractivity contribution in [2.45, 2.75) is 36.5 Å². The van der Waals surface area contributed by atoms with Gasteiger partial charge in [0.05, 0.1) is 6.10 Å². The van der Waals surface area contributed by atoms with E-state index in [2.05, 4.69) is 12.1 Å². The fraction of sp³-hybridized carbons (Fsp3) is 0.417. The maximum atomic E-state index is 11.7. The molecule has 0 N–H and O–H groups in total. The lowest BCUT2D eigenvalue weighted by Gasteiger charge is -2.11. The van der Waals surface area contributed by atoms with Crippen LogP contribution in [0.3, 0.4) is 0 Å². The predicted octanol–water partition coefficient (Wildman–Crippen LogP) is 2.66. The average molecular weight is 222 g/mol. The second kappa shape index (κ2) is 4.27. The second-order valence-electron chi connectivity index (χ2n) is 3.90. The van der Waals surface area contributed by atoms with Gasteiger partial charge in [0.15, 0.2) is 0 Å². The number of hydrogen-bond acceptors (Lipinski definition) is 3. The van der Waals surface area contributed by atoms with E-state index in [1.165, 1.54) is 10.5 Å². The van der Waals surface area contributed by atoms with E-state index in [9.17, 15) is 4.79 Å². The highest BCUT2D eigenvalue weighted by Crippen LogP contribution is 2.37. The zero-order chi connectivity index (χ0) is 10.8. The first-order valence-corrected chi connectivity index (χ1v) is 6.00. The first kappa shape index (κ1) is 10.6. The molecule has 0 radical (unpaired) electrons. The molecule has 0 aliphatic carbocycles. The van der Waals surface area contributed by atoms with Crippen LogP contribution in [-0.4, -0.2) is 17.3 Å². The first-order chi connectivity index (χ1) is 7.16. The molecule has 0 spiro atoms. The lowest BCUT2D eigenvalue weighted by Crippen LogP contribution is -2.22. The number of hydrogen-bond donors (Lipinski definition) is 0. The van der Waals surface area contributed by atoms with Crippen molar-refractivity contribution in [2.24, 2.45) is 0 Å². The lowest BCUT2D eigenvalue weighted by atomic mass is 10.1. The molecule has 15 heavy (non-hydrogen) atoms. The van der Waals surface area contributed by atoms with Gasteiger partial charge < -0.3 is 4.74 Å². The summed E-state index contributed by atoms with van der Waals surface area (Å²) in [4.78, 5) is 12.9. The highest BCUT2D eigenvalue weighted by atomic mass is 32.2. The maximum absolute atomic E-state index is 11.7. The van der Waals surface area contributed by atoms with Gasteiger partial charge in [-0.15, -0.1) is 11.8 Å². The molecule has 2 nitrogen and oxygen atoms in total. The largest absolute Gasteiger partial charge is 0.462 e. The average Bonchev–Trinajstić information content (AvgIpc) is 2.59. The van der Waals surface area contributed by atoms with Crippen molar-refractivity contribution in [3.8, 4) is 0 Å². The van der Waals surface area contributed by atoms with Gasteiger partial charge in [-0.1, -0.05) is 18.2 Å². The molecule has 80 valence electrons. The van der Waals surface area contributed by atoms with Gasteiger partial charge in [0.2, 0.25) is 0 Å². The van der Waals surface area contributed by atoms with Gasteiger partial charge in [-0.05, 0) is 31.9 Å². The van der Waals surface area contributed by atoms with Crippen molar-refractivity contribution < 1.29 is 9.53 Å². The SMILES string of the molecule is CC(C)OC(=O)C1Cc2ccccc2S1. The molecule has 0 saturated carbocycles. The van der Waals surface area contributed by atoms with Crippen LogP contribution >= 0.6 is 11.8 Å². The van der Waals surface area contributed by atoms with E-state index in [-0.39, 0.29) is 17.3 Å². The van der Waals surface area contributed by atoms with E-state index in [1.54, 1.807) is 11.8 Å². The van der Waals surface area contributed by atoms with Crippen molar-refractivity contribution in [2.75, 3.05) is 0 Å². The fourth-order valence-electron chi connectivity index (χ4n) is 1.62. The molecule has 1 aliphatic rings. The van der Waals surface area contributed by atoms with Crippen LogP contribution in [0.4, 0.5) is 0 Å². The van der Waals surface area contributed by atoms with E-state index in [0.29, 0.717) is 0 Å². The Balaban J connectivity index is 2.04. The molecule has 1 atom stereocenters. The summed E-state index contributed by atoms with van der Waals surface area (Å²) in [5.74, 6) is -0.0915. The van der Waals surface area contributed by atoms with Crippen molar-refractivity contribution in [3.63, 3.8) is 0 Å². The molecule has 2 rings (SSSR count). The molecule has 0 saturated heterocycles. The molecule has 0 aromatic heterocycles. The van der Waals surface area contributed by atoms with Gasteiger partial charge in [0.25, 0.3) is 0 Å². The van der Waals surface area contributed by atoms with Crippen LogP contribution in [0.15, 0.2) is 29.2 Å². The molecule has 1 unspecified atom stereocenters. The van der Waals surface area contributed by atoms with Gasteiger partial charge in [0, 0.05) is 4.90 Å². The molecule has 1 aliphatic heterocycles. The molecule has 1 aromatic carbocycles. The zero-order valence-electron chi connectivity index (χ0n) is 8.90. The van der Waals surface area contributed by atoms with E-state index in [0.717, 1.165) is 6.42 Å². The molecular weight excluding hydrogens is 208 g/mol. The molecule has 0 amide bonds. The molecule has 0 bridgehead atoms. The molecule has 0 fully saturated rings. The third-order valence-corrected chi connectivity index (χ3v) is 3.56. The highest BCUT2D eigenvalue weighted by Gasteiger charge is 2.29.